The summed E-state index contributed by atoms with van der Waals surface area (Å²) >= 11 is 0. The van der Waals surface area contributed by atoms with Crippen LogP contribution in [-0.2, 0) is 16.0 Å². The molecule has 1 heterocycles. The minimum atomic E-state index is 0.290. The smallest absolute Gasteiger partial charge is 0.119 e. The lowest BCUT2D eigenvalue weighted by molar-refractivity contribution is 0.00853. The summed E-state index contributed by atoms with van der Waals surface area (Å²) in [7, 11) is 0. The molecule has 0 radical (unpaired) electrons. The van der Waals surface area contributed by atoms with Gasteiger partial charge < -0.3 is 19.5 Å². The molecular weight excluding hydrogens is 266 g/mol. The Morgan fingerprint density at radius 3 is 2.71 bits per heavy atom. The van der Waals surface area contributed by atoms with E-state index in [9.17, 15) is 0 Å². The van der Waals surface area contributed by atoms with E-state index in [0.717, 1.165) is 31.7 Å². The molecule has 1 N–H and O–H groups in total. The lowest BCUT2D eigenvalue weighted by Crippen LogP contribution is -2.21. The predicted octanol–water partition coefficient (Wildman–Crippen LogP) is 2.76. The Hall–Kier alpha value is -1.10. The second-order valence-corrected chi connectivity index (χ2v) is 5.74. The van der Waals surface area contributed by atoms with Gasteiger partial charge in [0.25, 0.3) is 0 Å². The topological polar surface area (TPSA) is 39.7 Å². The maximum Gasteiger partial charge on any atom is 0.119 e. The number of ether oxygens (including phenoxy) is 3. The highest BCUT2D eigenvalue weighted by molar-refractivity contribution is 5.27. The van der Waals surface area contributed by atoms with E-state index in [1.165, 1.54) is 5.56 Å². The lowest BCUT2D eigenvalue weighted by atomic mass is 10.2. The summed E-state index contributed by atoms with van der Waals surface area (Å²) in [6, 6.07) is 8.71. The zero-order chi connectivity index (χ0) is 14.9. The minimum absolute atomic E-state index is 0.290. The Balaban J connectivity index is 1.57. The summed E-state index contributed by atoms with van der Waals surface area (Å²) < 4.78 is 16.7. The maximum atomic E-state index is 5.67. The second-order valence-electron chi connectivity index (χ2n) is 5.74. The van der Waals surface area contributed by atoms with Gasteiger partial charge in [0, 0.05) is 19.2 Å². The summed E-state index contributed by atoms with van der Waals surface area (Å²) in [5, 5.41) is 3.40. The molecular formula is C17H27NO3. The summed E-state index contributed by atoms with van der Waals surface area (Å²) in [6.07, 6.45) is 2.56. The average Bonchev–Trinajstić information content (AvgIpc) is 2.99. The SMILES string of the molecule is CC(C)NCc1ccc(OCCOCC2CCCO2)cc1. The largest absolute Gasteiger partial charge is 0.491 e. The van der Waals surface area contributed by atoms with E-state index < -0.39 is 0 Å². The Kier molecular flexibility index (Phi) is 7.00. The molecule has 1 atom stereocenters. The summed E-state index contributed by atoms with van der Waals surface area (Å²) in [6.45, 7) is 7.93. The summed E-state index contributed by atoms with van der Waals surface area (Å²) in [5.74, 6) is 0.893. The lowest BCUT2D eigenvalue weighted by Gasteiger charge is -2.11. The first-order valence-corrected chi connectivity index (χ1v) is 7.88. The van der Waals surface area contributed by atoms with Crippen LogP contribution in [0.25, 0.3) is 0 Å². The van der Waals surface area contributed by atoms with Gasteiger partial charge in [-0.3, -0.25) is 0 Å². The van der Waals surface area contributed by atoms with Crippen molar-refractivity contribution >= 4 is 0 Å². The molecule has 0 bridgehead atoms. The van der Waals surface area contributed by atoms with Crippen LogP contribution in [0.4, 0.5) is 0 Å². The van der Waals surface area contributed by atoms with Crippen molar-refractivity contribution in [2.24, 2.45) is 0 Å². The third-order valence-electron chi connectivity index (χ3n) is 3.46. The van der Waals surface area contributed by atoms with E-state index in [-0.39, 0.29) is 6.10 Å². The molecule has 1 aliphatic rings. The molecule has 1 unspecified atom stereocenters. The van der Waals surface area contributed by atoms with Gasteiger partial charge >= 0.3 is 0 Å². The van der Waals surface area contributed by atoms with Crippen LogP contribution in [0.3, 0.4) is 0 Å². The van der Waals surface area contributed by atoms with Gasteiger partial charge in [-0.1, -0.05) is 26.0 Å². The molecule has 0 spiro atoms. The quantitative estimate of drug-likeness (QED) is 0.711. The molecule has 0 aromatic heterocycles. The van der Waals surface area contributed by atoms with Crippen molar-refractivity contribution in [3.63, 3.8) is 0 Å². The van der Waals surface area contributed by atoms with Crippen LogP contribution in [0.5, 0.6) is 5.75 Å². The maximum absolute atomic E-state index is 5.67. The van der Waals surface area contributed by atoms with Crippen molar-refractivity contribution in [2.75, 3.05) is 26.4 Å². The molecule has 2 rings (SSSR count). The van der Waals surface area contributed by atoms with Crippen LogP contribution in [-0.4, -0.2) is 38.6 Å². The number of rotatable bonds is 9. The number of benzene rings is 1. The van der Waals surface area contributed by atoms with E-state index in [2.05, 4.69) is 31.3 Å². The molecule has 4 nitrogen and oxygen atoms in total. The Labute approximate surface area is 127 Å². The first kappa shape index (κ1) is 16.3. The van der Waals surface area contributed by atoms with Crippen LogP contribution in [0.1, 0.15) is 32.3 Å². The molecule has 1 aliphatic heterocycles. The molecule has 0 amide bonds. The normalized spacial score (nSPS) is 18.3. The van der Waals surface area contributed by atoms with Crippen LogP contribution in [0.15, 0.2) is 24.3 Å². The third-order valence-corrected chi connectivity index (χ3v) is 3.46. The highest BCUT2D eigenvalue weighted by Gasteiger charge is 2.14. The Morgan fingerprint density at radius 1 is 1.24 bits per heavy atom. The Bertz CT molecular complexity index is 386. The fraction of sp³-hybridized carbons (Fsp3) is 0.647. The molecule has 1 aromatic rings. The highest BCUT2D eigenvalue weighted by Crippen LogP contribution is 2.13. The van der Waals surface area contributed by atoms with Gasteiger partial charge in [-0.15, -0.1) is 0 Å². The van der Waals surface area contributed by atoms with Gasteiger partial charge in [0.1, 0.15) is 12.4 Å². The molecule has 21 heavy (non-hydrogen) atoms. The fourth-order valence-corrected chi connectivity index (χ4v) is 2.23. The van der Waals surface area contributed by atoms with Crippen LogP contribution in [0, 0.1) is 0 Å². The van der Waals surface area contributed by atoms with Gasteiger partial charge in [-0.2, -0.15) is 0 Å². The van der Waals surface area contributed by atoms with Crippen molar-refractivity contribution in [1.29, 1.82) is 0 Å². The first-order valence-electron chi connectivity index (χ1n) is 7.88. The molecule has 4 heteroatoms. The second kappa shape index (κ2) is 9.03. The van der Waals surface area contributed by atoms with Crippen LogP contribution >= 0.6 is 0 Å². The first-order chi connectivity index (χ1) is 10.2. The van der Waals surface area contributed by atoms with Gasteiger partial charge in [0.2, 0.25) is 0 Å². The molecule has 1 saturated heterocycles. The van der Waals surface area contributed by atoms with Crippen LogP contribution in [0.2, 0.25) is 0 Å². The van der Waals surface area contributed by atoms with E-state index >= 15 is 0 Å². The van der Waals surface area contributed by atoms with Crippen molar-refractivity contribution in [3.8, 4) is 5.75 Å². The molecule has 1 aromatic carbocycles. The van der Waals surface area contributed by atoms with Crippen molar-refractivity contribution < 1.29 is 14.2 Å². The standard InChI is InChI=1S/C17H27NO3/c1-14(2)18-12-15-5-7-16(8-6-15)21-11-10-19-13-17-4-3-9-20-17/h5-8,14,17-18H,3-4,9-13H2,1-2H3. The van der Waals surface area contributed by atoms with Gasteiger partial charge in [-0.25, -0.2) is 0 Å². The van der Waals surface area contributed by atoms with E-state index in [0.29, 0.717) is 25.9 Å². The Morgan fingerprint density at radius 2 is 2.05 bits per heavy atom. The zero-order valence-electron chi connectivity index (χ0n) is 13.1. The number of hydrogen-bond donors (Lipinski definition) is 1. The molecule has 0 saturated carbocycles. The zero-order valence-corrected chi connectivity index (χ0v) is 13.1. The van der Waals surface area contributed by atoms with Gasteiger partial charge in [0.05, 0.1) is 19.3 Å². The number of nitrogens with one attached hydrogen (secondary N) is 1. The van der Waals surface area contributed by atoms with Crippen molar-refractivity contribution in [1.82, 2.24) is 5.32 Å². The van der Waals surface area contributed by atoms with Gasteiger partial charge in [-0.05, 0) is 30.5 Å². The minimum Gasteiger partial charge on any atom is -0.491 e. The van der Waals surface area contributed by atoms with Crippen LogP contribution < -0.4 is 10.1 Å². The van der Waals surface area contributed by atoms with Crippen molar-refractivity contribution in [3.05, 3.63) is 29.8 Å². The monoisotopic (exact) mass is 293 g/mol. The molecule has 1 fully saturated rings. The summed E-state index contributed by atoms with van der Waals surface area (Å²) in [4.78, 5) is 0. The number of hydrogen-bond acceptors (Lipinski definition) is 4. The van der Waals surface area contributed by atoms with Crippen molar-refractivity contribution in [2.45, 2.75) is 45.4 Å². The molecule has 0 aliphatic carbocycles. The average molecular weight is 293 g/mol. The van der Waals surface area contributed by atoms with Gasteiger partial charge in [0.15, 0.2) is 0 Å². The van der Waals surface area contributed by atoms with E-state index in [1.54, 1.807) is 0 Å². The predicted molar refractivity (Wildman–Crippen MR) is 83.7 cm³/mol. The van der Waals surface area contributed by atoms with E-state index in [4.69, 9.17) is 14.2 Å². The third kappa shape index (κ3) is 6.46. The highest BCUT2D eigenvalue weighted by atomic mass is 16.5. The molecule has 118 valence electrons. The fourth-order valence-electron chi connectivity index (χ4n) is 2.23. The summed E-state index contributed by atoms with van der Waals surface area (Å²) in [5.41, 5.74) is 1.27. The van der Waals surface area contributed by atoms with E-state index in [1.807, 2.05) is 12.1 Å².